The predicted molar refractivity (Wildman–Crippen MR) is 73.5 cm³/mol. The first-order valence-electron chi connectivity index (χ1n) is 5.19. The Labute approximate surface area is 121 Å². The Bertz CT molecular complexity index is 649. The highest BCUT2D eigenvalue weighted by Crippen LogP contribution is 2.23. The van der Waals surface area contributed by atoms with E-state index in [2.05, 4.69) is 21.2 Å². The molecule has 19 heavy (non-hydrogen) atoms. The van der Waals surface area contributed by atoms with Crippen LogP contribution < -0.4 is 5.32 Å². The summed E-state index contributed by atoms with van der Waals surface area (Å²) in [7, 11) is 0. The molecule has 0 aliphatic carbocycles. The quantitative estimate of drug-likeness (QED) is 0.844. The predicted octanol–water partition coefficient (Wildman–Crippen LogP) is 4.63. The number of anilines is 1. The smallest absolute Gasteiger partial charge is 0.256 e. The van der Waals surface area contributed by atoms with E-state index in [1.54, 1.807) is 0 Å². The van der Waals surface area contributed by atoms with Gasteiger partial charge in [-0.1, -0.05) is 11.6 Å². The number of carbonyl (C=O) groups is 1. The van der Waals surface area contributed by atoms with Crippen LogP contribution in [0.4, 0.5) is 14.5 Å². The van der Waals surface area contributed by atoms with Gasteiger partial charge in [-0.25, -0.2) is 8.78 Å². The molecule has 1 N–H and O–H groups in total. The third kappa shape index (κ3) is 3.30. The molecule has 2 rings (SSSR count). The SMILES string of the molecule is O=C(Nc1cc(Cl)ccc1F)c1ccc(F)cc1Br. The minimum absolute atomic E-state index is 0.0336. The van der Waals surface area contributed by atoms with E-state index in [-0.39, 0.29) is 15.7 Å². The molecule has 6 heteroatoms. The highest BCUT2D eigenvalue weighted by atomic mass is 79.9. The number of benzene rings is 2. The number of halogens is 4. The van der Waals surface area contributed by atoms with Crippen molar-refractivity contribution in [2.45, 2.75) is 0 Å². The zero-order valence-corrected chi connectivity index (χ0v) is 11.7. The Hall–Kier alpha value is -1.46. The average molecular weight is 347 g/mol. The van der Waals surface area contributed by atoms with Crippen molar-refractivity contribution >= 4 is 39.1 Å². The number of hydrogen-bond acceptors (Lipinski definition) is 1. The lowest BCUT2D eigenvalue weighted by Crippen LogP contribution is -2.13. The van der Waals surface area contributed by atoms with Crippen molar-refractivity contribution in [1.29, 1.82) is 0 Å². The fourth-order valence-electron chi connectivity index (χ4n) is 1.46. The summed E-state index contributed by atoms with van der Waals surface area (Å²) in [5.74, 6) is -1.64. The molecule has 2 aromatic carbocycles. The second-order valence-corrected chi connectivity index (χ2v) is 4.99. The lowest BCUT2D eigenvalue weighted by molar-refractivity contribution is 0.102. The topological polar surface area (TPSA) is 29.1 Å². The second kappa shape index (κ2) is 5.67. The van der Waals surface area contributed by atoms with Crippen LogP contribution in [0, 0.1) is 11.6 Å². The third-order valence-corrected chi connectivity index (χ3v) is 3.24. The van der Waals surface area contributed by atoms with Gasteiger partial charge in [0, 0.05) is 9.50 Å². The van der Waals surface area contributed by atoms with Gasteiger partial charge in [0.1, 0.15) is 11.6 Å². The zero-order valence-electron chi connectivity index (χ0n) is 9.38. The molecule has 0 aliphatic heterocycles. The monoisotopic (exact) mass is 345 g/mol. The molecular formula is C13H7BrClF2NO. The van der Waals surface area contributed by atoms with Crippen LogP contribution in [-0.4, -0.2) is 5.91 Å². The van der Waals surface area contributed by atoms with E-state index in [0.717, 1.165) is 18.2 Å². The first kappa shape index (κ1) is 14.0. The fraction of sp³-hybridized carbons (Fsp3) is 0. The summed E-state index contributed by atoms with van der Waals surface area (Å²) < 4.78 is 26.7. The van der Waals surface area contributed by atoms with E-state index < -0.39 is 17.5 Å². The first-order valence-corrected chi connectivity index (χ1v) is 6.36. The van der Waals surface area contributed by atoms with E-state index in [4.69, 9.17) is 11.6 Å². The highest BCUT2D eigenvalue weighted by molar-refractivity contribution is 9.10. The van der Waals surface area contributed by atoms with Crippen molar-refractivity contribution in [3.8, 4) is 0 Å². The maximum Gasteiger partial charge on any atom is 0.256 e. The van der Waals surface area contributed by atoms with Crippen LogP contribution in [0.25, 0.3) is 0 Å². The van der Waals surface area contributed by atoms with E-state index in [1.807, 2.05) is 0 Å². The lowest BCUT2D eigenvalue weighted by Gasteiger charge is -2.08. The molecule has 2 nitrogen and oxygen atoms in total. The largest absolute Gasteiger partial charge is 0.319 e. The summed E-state index contributed by atoms with van der Waals surface area (Å²) in [5, 5.41) is 2.68. The van der Waals surface area contributed by atoms with Crippen LogP contribution in [0.2, 0.25) is 5.02 Å². The van der Waals surface area contributed by atoms with Crippen molar-refractivity contribution in [2.75, 3.05) is 5.32 Å². The van der Waals surface area contributed by atoms with Gasteiger partial charge in [-0.15, -0.1) is 0 Å². The van der Waals surface area contributed by atoms with Crippen LogP contribution in [0.5, 0.6) is 0 Å². The number of amides is 1. The summed E-state index contributed by atoms with van der Waals surface area (Å²) >= 11 is 8.79. The number of rotatable bonds is 2. The van der Waals surface area contributed by atoms with Crippen LogP contribution in [0.1, 0.15) is 10.4 Å². The van der Waals surface area contributed by atoms with Gasteiger partial charge in [-0.3, -0.25) is 4.79 Å². The van der Waals surface area contributed by atoms with Crippen LogP contribution >= 0.6 is 27.5 Å². The van der Waals surface area contributed by atoms with E-state index >= 15 is 0 Å². The van der Waals surface area contributed by atoms with Crippen molar-refractivity contribution in [3.05, 3.63) is 63.1 Å². The Morgan fingerprint density at radius 2 is 1.89 bits per heavy atom. The van der Waals surface area contributed by atoms with Gasteiger partial charge in [-0.05, 0) is 52.3 Å². The summed E-state index contributed by atoms with van der Waals surface area (Å²) in [4.78, 5) is 11.9. The molecule has 1 amide bonds. The molecule has 98 valence electrons. The van der Waals surface area contributed by atoms with Gasteiger partial charge in [0.05, 0.1) is 11.3 Å². The maximum atomic E-state index is 13.5. The average Bonchev–Trinajstić information content (AvgIpc) is 2.33. The summed E-state index contributed by atoms with van der Waals surface area (Å²) in [6.07, 6.45) is 0. The molecule has 0 spiro atoms. The number of hydrogen-bond donors (Lipinski definition) is 1. The first-order chi connectivity index (χ1) is 8.97. The van der Waals surface area contributed by atoms with Gasteiger partial charge in [-0.2, -0.15) is 0 Å². The molecule has 0 radical (unpaired) electrons. The molecule has 0 heterocycles. The van der Waals surface area contributed by atoms with Crippen LogP contribution in [-0.2, 0) is 0 Å². The summed E-state index contributed by atoms with van der Waals surface area (Å²) in [6, 6.07) is 7.43. The molecule has 2 aromatic rings. The van der Waals surface area contributed by atoms with E-state index in [1.165, 1.54) is 18.2 Å². The molecule has 0 fully saturated rings. The van der Waals surface area contributed by atoms with Gasteiger partial charge < -0.3 is 5.32 Å². The van der Waals surface area contributed by atoms with Crippen LogP contribution in [0.15, 0.2) is 40.9 Å². The Balaban J connectivity index is 2.28. The van der Waals surface area contributed by atoms with E-state index in [9.17, 15) is 13.6 Å². The second-order valence-electron chi connectivity index (χ2n) is 3.70. The Morgan fingerprint density at radius 3 is 2.58 bits per heavy atom. The van der Waals surface area contributed by atoms with Crippen molar-refractivity contribution < 1.29 is 13.6 Å². The third-order valence-electron chi connectivity index (χ3n) is 2.35. The van der Waals surface area contributed by atoms with Gasteiger partial charge >= 0.3 is 0 Å². The molecule has 0 atom stereocenters. The van der Waals surface area contributed by atoms with E-state index in [0.29, 0.717) is 5.02 Å². The van der Waals surface area contributed by atoms with Crippen molar-refractivity contribution in [2.24, 2.45) is 0 Å². The molecule has 0 aromatic heterocycles. The lowest BCUT2D eigenvalue weighted by atomic mass is 10.2. The van der Waals surface area contributed by atoms with Gasteiger partial charge in [0.15, 0.2) is 0 Å². The standard InChI is InChI=1S/C13H7BrClF2NO/c14-10-6-8(16)2-3-9(10)13(19)18-12-5-7(15)1-4-11(12)17/h1-6H,(H,18,19). The summed E-state index contributed by atoms with van der Waals surface area (Å²) in [5.41, 5.74) is 0.162. The van der Waals surface area contributed by atoms with Crippen molar-refractivity contribution in [3.63, 3.8) is 0 Å². The molecule has 0 saturated heterocycles. The summed E-state index contributed by atoms with van der Waals surface area (Å²) in [6.45, 7) is 0. The van der Waals surface area contributed by atoms with Gasteiger partial charge in [0.25, 0.3) is 5.91 Å². The number of nitrogens with one attached hydrogen (secondary N) is 1. The molecule has 0 saturated carbocycles. The normalized spacial score (nSPS) is 10.3. The Morgan fingerprint density at radius 1 is 1.16 bits per heavy atom. The minimum Gasteiger partial charge on any atom is -0.319 e. The van der Waals surface area contributed by atoms with Gasteiger partial charge in [0.2, 0.25) is 0 Å². The molecule has 0 bridgehead atoms. The highest BCUT2D eigenvalue weighted by Gasteiger charge is 2.13. The minimum atomic E-state index is -0.601. The molecule has 0 aliphatic rings. The molecular weight excluding hydrogens is 340 g/mol. The Kier molecular flexibility index (Phi) is 4.17. The van der Waals surface area contributed by atoms with Crippen LogP contribution in [0.3, 0.4) is 0 Å². The van der Waals surface area contributed by atoms with Crippen molar-refractivity contribution in [1.82, 2.24) is 0 Å². The maximum absolute atomic E-state index is 13.5. The number of carbonyl (C=O) groups excluding carboxylic acids is 1. The molecule has 0 unspecified atom stereocenters. The fourth-order valence-corrected chi connectivity index (χ4v) is 2.16. The zero-order chi connectivity index (χ0) is 14.0.